The lowest BCUT2D eigenvalue weighted by Crippen LogP contribution is -2.25. The van der Waals surface area contributed by atoms with Gasteiger partial charge in [-0.15, -0.1) is 0 Å². The molecule has 0 bridgehead atoms. The van der Waals surface area contributed by atoms with Crippen molar-refractivity contribution in [1.29, 1.82) is 0 Å². The molecule has 0 atom stereocenters. The summed E-state index contributed by atoms with van der Waals surface area (Å²) in [4.78, 5) is 36.2. The summed E-state index contributed by atoms with van der Waals surface area (Å²) in [6.45, 7) is 3.46. The Hall–Kier alpha value is -3.09. The van der Waals surface area contributed by atoms with Gasteiger partial charge in [0.05, 0.1) is 11.3 Å². The molecule has 2 heterocycles. The Balaban J connectivity index is 1.44. The number of amides is 1. The maximum absolute atomic E-state index is 12.4. The molecule has 1 aliphatic carbocycles. The van der Waals surface area contributed by atoms with E-state index in [2.05, 4.69) is 9.88 Å². The minimum atomic E-state index is -0.502. The minimum Gasteiger partial charge on any atom is -0.482 e. The van der Waals surface area contributed by atoms with E-state index in [0.29, 0.717) is 28.6 Å². The number of hydrogen-bond donors (Lipinski definition) is 1. The topological polar surface area (TPSA) is 86.6 Å². The number of esters is 1. The summed E-state index contributed by atoms with van der Waals surface area (Å²) < 4.78 is 12.7. The summed E-state index contributed by atoms with van der Waals surface area (Å²) in [7, 11) is 0. The lowest BCUT2D eigenvalue weighted by Gasteiger charge is -2.18. The summed E-state index contributed by atoms with van der Waals surface area (Å²) in [6.07, 6.45) is 2.25. The molecule has 2 aromatic rings. The first-order valence-corrected chi connectivity index (χ1v) is 8.89. The molecule has 0 saturated heterocycles. The van der Waals surface area contributed by atoms with Crippen molar-refractivity contribution >= 4 is 23.3 Å². The molecule has 0 spiro atoms. The number of Topliss-reactive ketones (excluding diaryl/α,β-unsaturated/α-hetero) is 1. The quantitative estimate of drug-likeness (QED) is 0.648. The number of rotatable bonds is 5. The second-order valence-corrected chi connectivity index (χ2v) is 6.93. The van der Waals surface area contributed by atoms with Crippen LogP contribution in [0.3, 0.4) is 0 Å². The number of carbonyl (C=O) groups is 3. The highest BCUT2D eigenvalue weighted by Gasteiger charge is 2.29. The predicted molar refractivity (Wildman–Crippen MR) is 97.4 cm³/mol. The van der Waals surface area contributed by atoms with Crippen LogP contribution in [0.25, 0.3) is 0 Å². The summed E-state index contributed by atoms with van der Waals surface area (Å²) in [5.41, 5.74) is 3.19. The Kier molecular flexibility index (Phi) is 4.22. The maximum Gasteiger partial charge on any atom is 0.340 e. The van der Waals surface area contributed by atoms with Gasteiger partial charge in [0.1, 0.15) is 5.75 Å². The monoisotopic (exact) mass is 368 g/mol. The van der Waals surface area contributed by atoms with Crippen LogP contribution in [0.4, 0.5) is 5.69 Å². The average Bonchev–Trinajstić information content (AvgIpc) is 3.43. The number of benzene rings is 1. The highest BCUT2D eigenvalue weighted by atomic mass is 16.5. The molecule has 7 nitrogen and oxygen atoms in total. The molecule has 2 aliphatic rings. The first kappa shape index (κ1) is 17.3. The number of ether oxygens (including phenoxy) is 2. The van der Waals surface area contributed by atoms with Gasteiger partial charge in [0.25, 0.3) is 5.91 Å². The van der Waals surface area contributed by atoms with E-state index in [1.165, 1.54) is 6.07 Å². The number of fused-ring (bicyclic) bond motifs is 1. The van der Waals surface area contributed by atoms with Gasteiger partial charge < -0.3 is 19.4 Å². The molecule has 1 aliphatic heterocycles. The third-order valence-corrected chi connectivity index (χ3v) is 4.89. The van der Waals surface area contributed by atoms with Gasteiger partial charge in [-0.3, -0.25) is 9.59 Å². The Morgan fingerprint density at radius 1 is 1.26 bits per heavy atom. The van der Waals surface area contributed by atoms with Crippen molar-refractivity contribution in [3.05, 3.63) is 46.8 Å². The van der Waals surface area contributed by atoms with E-state index in [-0.39, 0.29) is 24.9 Å². The van der Waals surface area contributed by atoms with Gasteiger partial charge in [-0.2, -0.15) is 0 Å². The maximum atomic E-state index is 12.4. The van der Waals surface area contributed by atoms with Crippen LogP contribution in [0.1, 0.15) is 51.0 Å². The first-order valence-electron chi connectivity index (χ1n) is 8.89. The Labute approximate surface area is 156 Å². The number of nitrogens with one attached hydrogen (secondary N) is 1. The molecule has 1 amide bonds. The van der Waals surface area contributed by atoms with Crippen molar-refractivity contribution in [2.45, 2.75) is 32.7 Å². The van der Waals surface area contributed by atoms with Gasteiger partial charge in [-0.1, -0.05) is 0 Å². The van der Waals surface area contributed by atoms with E-state index in [1.54, 1.807) is 12.1 Å². The third-order valence-electron chi connectivity index (χ3n) is 4.89. The normalized spacial score (nSPS) is 15.6. The molecule has 1 N–H and O–H groups in total. The smallest absolute Gasteiger partial charge is 0.340 e. The number of ketones is 1. The van der Waals surface area contributed by atoms with Crippen LogP contribution in [0.15, 0.2) is 24.3 Å². The van der Waals surface area contributed by atoms with Crippen molar-refractivity contribution in [2.24, 2.45) is 0 Å². The highest BCUT2D eigenvalue weighted by molar-refractivity contribution is 6.02. The number of carbonyl (C=O) groups excluding carboxylic acids is 3. The molecule has 7 heteroatoms. The van der Waals surface area contributed by atoms with Crippen LogP contribution < -0.4 is 10.1 Å². The molecular weight excluding hydrogens is 348 g/mol. The fourth-order valence-electron chi connectivity index (χ4n) is 3.43. The molecule has 0 radical (unpaired) electrons. The lowest BCUT2D eigenvalue weighted by atomic mass is 10.1. The van der Waals surface area contributed by atoms with Crippen LogP contribution in [-0.2, 0) is 9.53 Å². The van der Waals surface area contributed by atoms with Crippen molar-refractivity contribution in [3.63, 3.8) is 0 Å². The molecule has 0 unspecified atom stereocenters. The molecule has 140 valence electrons. The van der Waals surface area contributed by atoms with E-state index < -0.39 is 5.97 Å². The molecular formula is C20H20N2O5. The predicted octanol–water partition coefficient (Wildman–Crippen LogP) is 2.81. The Morgan fingerprint density at radius 3 is 2.78 bits per heavy atom. The first-order chi connectivity index (χ1) is 12.9. The van der Waals surface area contributed by atoms with E-state index in [1.807, 2.05) is 19.9 Å². The zero-order chi connectivity index (χ0) is 19.1. The van der Waals surface area contributed by atoms with Crippen LogP contribution in [0.2, 0.25) is 0 Å². The van der Waals surface area contributed by atoms with Crippen LogP contribution in [0.5, 0.6) is 5.75 Å². The van der Waals surface area contributed by atoms with E-state index in [9.17, 15) is 14.4 Å². The van der Waals surface area contributed by atoms with Gasteiger partial charge in [-0.25, -0.2) is 4.79 Å². The zero-order valence-electron chi connectivity index (χ0n) is 15.2. The van der Waals surface area contributed by atoms with Crippen molar-refractivity contribution in [1.82, 2.24) is 4.57 Å². The van der Waals surface area contributed by atoms with Gasteiger partial charge in [-0.05, 0) is 51.0 Å². The Morgan fingerprint density at radius 2 is 2.04 bits per heavy atom. The van der Waals surface area contributed by atoms with Crippen LogP contribution >= 0.6 is 0 Å². The SMILES string of the molecule is Cc1cc(C(=O)OCC(=O)c2ccc3c(c2)NC(=O)CO3)c(C)n1C1CC1. The lowest BCUT2D eigenvalue weighted by molar-refractivity contribution is -0.118. The largest absolute Gasteiger partial charge is 0.482 e. The molecule has 1 saturated carbocycles. The summed E-state index contributed by atoms with van der Waals surface area (Å²) in [5, 5.41) is 2.65. The standard InChI is InChI=1S/C20H20N2O5/c1-11-7-15(12(2)22(11)14-4-5-14)20(25)27-9-17(23)13-3-6-18-16(8-13)21-19(24)10-26-18/h3,6-8,14H,4-5,9-10H2,1-2H3,(H,21,24). The third kappa shape index (κ3) is 3.32. The van der Waals surface area contributed by atoms with Gasteiger partial charge in [0.15, 0.2) is 19.0 Å². The van der Waals surface area contributed by atoms with E-state index in [0.717, 1.165) is 24.2 Å². The van der Waals surface area contributed by atoms with E-state index >= 15 is 0 Å². The highest BCUT2D eigenvalue weighted by Crippen LogP contribution is 2.38. The molecule has 1 aromatic heterocycles. The fourth-order valence-corrected chi connectivity index (χ4v) is 3.43. The molecule has 1 fully saturated rings. The summed E-state index contributed by atoms with van der Waals surface area (Å²) >= 11 is 0. The van der Waals surface area contributed by atoms with Gasteiger partial charge in [0, 0.05) is 23.0 Å². The van der Waals surface area contributed by atoms with Crippen molar-refractivity contribution in [3.8, 4) is 5.75 Å². The number of nitrogens with zero attached hydrogens (tertiary/aromatic N) is 1. The van der Waals surface area contributed by atoms with Crippen molar-refractivity contribution < 1.29 is 23.9 Å². The number of aryl methyl sites for hydroxylation is 1. The molecule has 1 aromatic carbocycles. The number of aromatic nitrogens is 1. The second kappa shape index (κ2) is 6.57. The zero-order valence-corrected chi connectivity index (χ0v) is 15.2. The average molecular weight is 368 g/mol. The Bertz CT molecular complexity index is 956. The van der Waals surface area contributed by atoms with Crippen LogP contribution in [-0.4, -0.2) is 35.4 Å². The molecule has 27 heavy (non-hydrogen) atoms. The van der Waals surface area contributed by atoms with Crippen molar-refractivity contribution in [2.75, 3.05) is 18.5 Å². The number of hydrogen-bond acceptors (Lipinski definition) is 5. The summed E-state index contributed by atoms with van der Waals surface area (Å²) in [5.74, 6) is -0.611. The number of anilines is 1. The fraction of sp³-hybridized carbons (Fsp3) is 0.350. The van der Waals surface area contributed by atoms with Gasteiger partial charge in [0.2, 0.25) is 0 Å². The second-order valence-electron chi connectivity index (χ2n) is 6.93. The minimum absolute atomic E-state index is 0.0445. The van der Waals surface area contributed by atoms with Gasteiger partial charge >= 0.3 is 5.97 Å². The summed E-state index contributed by atoms with van der Waals surface area (Å²) in [6, 6.07) is 7.02. The van der Waals surface area contributed by atoms with E-state index in [4.69, 9.17) is 9.47 Å². The van der Waals surface area contributed by atoms with Crippen LogP contribution in [0, 0.1) is 13.8 Å². The molecule has 4 rings (SSSR count).